The van der Waals surface area contributed by atoms with E-state index in [1.54, 1.807) is 24.3 Å². The summed E-state index contributed by atoms with van der Waals surface area (Å²) in [6.07, 6.45) is 0. The molecule has 0 saturated carbocycles. The molecule has 2 aliphatic rings. The van der Waals surface area contributed by atoms with Gasteiger partial charge in [-0.15, -0.1) is 0 Å². The van der Waals surface area contributed by atoms with Crippen molar-refractivity contribution in [3.05, 3.63) is 173 Å². The summed E-state index contributed by atoms with van der Waals surface area (Å²) in [5, 5.41) is 1.63. The number of fused-ring (bicyclic) bond motifs is 10. The summed E-state index contributed by atoms with van der Waals surface area (Å²) in [5.41, 5.74) is 8.71. The van der Waals surface area contributed by atoms with E-state index in [1.165, 1.54) is 52.1 Å². The van der Waals surface area contributed by atoms with Gasteiger partial charge in [0.05, 0.1) is 5.41 Å². The van der Waals surface area contributed by atoms with Crippen molar-refractivity contribution >= 4 is 23.1 Å². The molecule has 196 valence electrons. The summed E-state index contributed by atoms with van der Waals surface area (Å²) in [5.74, 6) is -0.802. The van der Waals surface area contributed by atoms with E-state index >= 15 is 4.57 Å². The quantitative estimate of drug-likeness (QED) is 0.203. The third-order valence-electron chi connectivity index (χ3n) is 8.72. The molecule has 1 spiro atoms. The predicted octanol–water partition coefficient (Wildman–Crippen LogP) is 7.95. The zero-order chi connectivity index (χ0) is 27.8. The fourth-order valence-corrected chi connectivity index (χ4v) is 9.66. The number of halogens is 2. The van der Waals surface area contributed by atoms with Gasteiger partial charge in [-0.1, -0.05) is 84.9 Å². The zero-order valence-corrected chi connectivity index (χ0v) is 22.8. The van der Waals surface area contributed by atoms with E-state index in [9.17, 15) is 8.78 Å². The second-order valence-corrected chi connectivity index (χ2v) is 13.4. The molecule has 8 rings (SSSR count). The molecule has 0 heterocycles. The van der Waals surface area contributed by atoms with Crippen LogP contribution in [0.5, 0.6) is 0 Å². The van der Waals surface area contributed by atoms with Crippen LogP contribution >= 0.6 is 7.14 Å². The van der Waals surface area contributed by atoms with Crippen LogP contribution in [0.4, 0.5) is 8.78 Å². The molecule has 0 unspecified atom stereocenters. The maximum atomic E-state index is 15.4. The predicted molar refractivity (Wildman–Crippen MR) is 162 cm³/mol. The standard InChI is InChI=1S/C37H23F2OP/c38-24-13-17-26(18-14-24)41(40,27-19-15-25(39)16-20-27)28-21-22-32-31-9-3-6-12-35(31)37(36(32)23-28)33-10-4-1-7-29(33)30-8-2-5-11-34(30)37/h1-23H. The summed E-state index contributed by atoms with van der Waals surface area (Å²) in [7, 11) is -3.50. The molecule has 0 aromatic heterocycles. The summed E-state index contributed by atoms with van der Waals surface area (Å²) in [6.45, 7) is 0. The molecule has 0 fully saturated rings. The third kappa shape index (κ3) is 3.18. The van der Waals surface area contributed by atoms with Gasteiger partial charge in [-0.3, -0.25) is 0 Å². The molecule has 1 nitrogen and oxygen atoms in total. The van der Waals surface area contributed by atoms with Crippen LogP contribution in [0.25, 0.3) is 22.3 Å². The summed E-state index contributed by atoms with van der Waals surface area (Å²) < 4.78 is 43.4. The highest BCUT2D eigenvalue weighted by Gasteiger charge is 2.52. The second-order valence-electron chi connectivity index (χ2n) is 10.7. The van der Waals surface area contributed by atoms with Crippen molar-refractivity contribution in [3.63, 3.8) is 0 Å². The molecule has 6 aromatic carbocycles. The van der Waals surface area contributed by atoms with E-state index < -0.39 is 24.2 Å². The van der Waals surface area contributed by atoms with Crippen LogP contribution in [0.2, 0.25) is 0 Å². The lowest BCUT2D eigenvalue weighted by atomic mass is 9.70. The number of rotatable bonds is 3. The third-order valence-corrected chi connectivity index (χ3v) is 11.8. The monoisotopic (exact) mass is 552 g/mol. The van der Waals surface area contributed by atoms with Crippen LogP contribution in [0.3, 0.4) is 0 Å². The van der Waals surface area contributed by atoms with Gasteiger partial charge in [0, 0.05) is 15.9 Å². The smallest absolute Gasteiger partial charge is 0.171 e. The first-order chi connectivity index (χ1) is 20.0. The second kappa shape index (κ2) is 8.70. The Kier molecular flexibility index (Phi) is 5.14. The maximum Gasteiger partial charge on any atom is 0.171 e. The Bertz CT molecular complexity index is 1930. The molecular formula is C37H23F2OP. The van der Waals surface area contributed by atoms with Crippen molar-refractivity contribution in [2.45, 2.75) is 5.41 Å². The first kappa shape index (κ1) is 24.2. The van der Waals surface area contributed by atoms with Crippen LogP contribution in [0, 0.1) is 11.6 Å². The molecule has 0 saturated heterocycles. The van der Waals surface area contributed by atoms with Crippen molar-refractivity contribution < 1.29 is 13.3 Å². The SMILES string of the molecule is O=P(c1ccc(F)cc1)(c1ccc(F)cc1)c1ccc2c(c1)C1(c3ccccc3-c3ccccc31)c1ccccc1-2. The van der Waals surface area contributed by atoms with Crippen LogP contribution in [0.1, 0.15) is 22.3 Å². The van der Waals surface area contributed by atoms with E-state index in [0.29, 0.717) is 15.9 Å². The highest BCUT2D eigenvalue weighted by atomic mass is 31.2. The molecule has 0 atom stereocenters. The summed E-state index contributed by atoms with van der Waals surface area (Å²) >= 11 is 0. The Hall–Kier alpha value is -4.59. The molecule has 41 heavy (non-hydrogen) atoms. The first-order valence-corrected chi connectivity index (χ1v) is 15.3. The van der Waals surface area contributed by atoms with Gasteiger partial charge in [0.1, 0.15) is 11.6 Å². The Labute approximate surface area is 237 Å². The molecule has 0 N–H and O–H groups in total. The Morgan fingerprint density at radius 2 is 0.780 bits per heavy atom. The average molecular weight is 553 g/mol. The minimum absolute atomic E-state index is 0.401. The Balaban J connectivity index is 1.47. The maximum absolute atomic E-state index is 15.4. The molecule has 0 aliphatic heterocycles. The highest BCUT2D eigenvalue weighted by molar-refractivity contribution is 7.85. The Morgan fingerprint density at radius 3 is 1.22 bits per heavy atom. The van der Waals surface area contributed by atoms with Crippen molar-refractivity contribution in [1.29, 1.82) is 0 Å². The fourth-order valence-electron chi connectivity index (χ4n) is 7.03. The van der Waals surface area contributed by atoms with Gasteiger partial charge < -0.3 is 4.57 Å². The molecule has 0 amide bonds. The van der Waals surface area contributed by atoms with Crippen LogP contribution in [-0.2, 0) is 9.98 Å². The minimum Gasteiger partial charge on any atom is -0.309 e. The topological polar surface area (TPSA) is 17.1 Å². The highest BCUT2D eigenvalue weighted by Crippen LogP contribution is 2.63. The summed E-state index contributed by atoms with van der Waals surface area (Å²) in [4.78, 5) is 0. The number of hydrogen-bond donors (Lipinski definition) is 0. The zero-order valence-electron chi connectivity index (χ0n) is 21.9. The van der Waals surface area contributed by atoms with Crippen LogP contribution in [0.15, 0.2) is 140 Å². The number of benzene rings is 6. The normalized spacial score (nSPS) is 13.9. The van der Waals surface area contributed by atoms with Crippen molar-refractivity contribution in [2.75, 3.05) is 0 Å². The van der Waals surface area contributed by atoms with E-state index in [2.05, 4.69) is 84.9 Å². The fraction of sp³-hybridized carbons (Fsp3) is 0.0270. The molecule has 4 heteroatoms. The first-order valence-electron chi connectivity index (χ1n) is 13.6. The Morgan fingerprint density at radius 1 is 0.415 bits per heavy atom. The van der Waals surface area contributed by atoms with Crippen molar-refractivity contribution in [1.82, 2.24) is 0 Å². The molecule has 0 bridgehead atoms. The average Bonchev–Trinajstić information content (AvgIpc) is 3.48. The molecule has 0 radical (unpaired) electrons. The van der Waals surface area contributed by atoms with Crippen molar-refractivity contribution in [3.8, 4) is 22.3 Å². The van der Waals surface area contributed by atoms with Crippen LogP contribution < -0.4 is 15.9 Å². The lowest BCUT2D eigenvalue weighted by Crippen LogP contribution is -2.29. The van der Waals surface area contributed by atoms with Gasteiger partial charge in [0.25, 0.3) is 0 Å². The van der Waals surface area contributed by atoms with E-state index in [4.69, 9.17) is 0 Å². The van der Waals surface area contributed by atoms with E-state index in [0.717, 1.165) is 16.7 Å². The van der Waals surface area contributed by atoms with Crippen molar-refractivity contribution in [2.24, 2.45) is 0 Å². The van der Waals surface area contributed by atoms with Gasteiger partial charge >= 0.3 is 0 Å². The van der Waals surface area contributed by atoms with Gasteiger partial charge in [0.15, 0.2) is 7.14 Å². The molecular weight excluding hydrogens is 529 g/mol. The lowest BCUT2D eigenvalue weighted by Gasteiger charge is -2.31. The van der Waals surface area contributed by atoms with Gasteiger partial charge in [0.2, 0.25) is 0 Å². The minimum atomic E-state index is -3.50. The summed E-state index contributed by atoms with van der Waals surface area (Å²) in [6, 6.07) is 43.3. The largest absolute Gasteiger partial charge is 0.309 e. The van der Waals surface area contributed by atoms with E-state index in [1.807, 2.05) is 6.07 Å². The lowest BCUT2D eigenvalue weighted by molar-refractivity contribution is 0.592. The van der Waals surface area contributed by atoms with Gasteiger partial charge in [-0.25, -0.2) is 8.78 Å². The van der Waals surface area contributed by atoms with E-state index in [-0.39, 0.29) is 0 Å². The number of hydrogen-bond acceptors (Lipinski definition) is 1. The molecule has 6 aromatic rings. The van der Waals surface area contributed by atoms with Gasteiger partial charge in [-0.05, 0) is 99.1 Å². The van der Waals surface area contributed by atoms with Gasteiger partial charge in [-0.2, -0.15) is 0 Å². The van der Waals surface area contributed by atoms with Crippen LogP contribution in [-0.4, -0.2) is 0 Å². The molecule has 2 aliphatic carbocycles.